The van der Waals surface area contributed by atoms with Gasteiger partial charge in [0.05, 0.1) is 0 Å². The molecule has 1 nitrogen and oxygen atoms in total. The summed E-state index contributed by atoms with van der Waals surface area (Å²) in [6.07, 6.45) is 36.9. The molecule has 1 N–H and O–H groups in total. The first-order chi connectivity index (χ1) is 21.3. The third-order valence-corrected chi connectivity index (χ3v) is 9.37. The van der Waals surface area contributed by atoms with E-state index in [1.807, 2.05) is 0 Å². The fourth-order valence-electron chi connectivity index (χ4n) is 6.50. The SMILES string of the molecule is CCCCCCCCCCc1ccc(Nc2ccccc2CCCCCCCCCC)c(CCCCCCCCCC)c1. The molecule has 0 spiro atoms. The number of anilines is 2. The normalized spacial score (nSPS) is 11.3. The van der Waals surface area contributed by atoms with Crippen LogP contribution in [0.3, 0.4) is 0 Å². The van der Waals surface area contributed by atoms with Crippen molar-refractivity contribution >= 4 is 11.4 Å². The first-order valence-electron chi connectivity index (χ1n) is 19.2. The molecule has 1 heteroatoms. The molecule has 2 rings (SSSR count). The van der Waals surface area contributed by atoms with E-state index in [2.05, 4.69) is 68.6 Å². The Labute approximate surface area is 269 Å². The Balaban J connectivity index is 1.92. The van der Waals surface area contributed by atoms with Gasteiger partial charge in [-0.05, 0) is 67.3 Å². The van der Waals surface area contributed by atoms with E-state index in [0.29, 0.717) is 0 Å². The van der Waals surface area contributed by atoms with Crippen molar-refractivity contribution in [2.45, 2.75) is 194 Å². The molecule has 0 aromatic heterocycles. The monoisotopic (exact) mass is 590 g/mol. The van der Waals surface area contributed by atoms with Gasteiger partial charge in [-0.25, -0.2) is 0 Å². The van der Waals surface area contributed by atoms with Crippen LogP contribution in [0.1, 0.15) is 192 Å². The first kappa shape index (κ1) is 37.4. The van der Waals surface area contributed by atoms with Crippen molar-refractivity contribution in [2.24, 2.45) is 0 Å². The highest BCUT2D eigenvalue weighted by molar-refractivity contribution is 5.66. The standard InChI is InChI=1S/C42H71N/c1-4-7-10-13-16-19-22-25-30-38-35-36-42(40(37-38)33-27-24-21-18-15-12-9-6-3)43-41-34-29-28-32-39(41)31-26-23-20-17-14-11-8-5-2/h28-29,32,34-37,43H,4-27,30-31,33H2,1-3H3. The number of rotatable bonds is 29. The predicted molar refractivity (Wildman–Crippen MR) is 195 cm³/mol. The van der Waals surface area contributed by atoms with E-state index >= 15 is 0 Å². The lowest BCUT2D eigenvalue weighted by atomic mass is 9.97. The van der Waals surface area contributed by atoms with E-state index < -0.39 is 0 Å². The van der Waals surface area contributed by atoms with Crippen LogP contribution in [0.15, 0.2) is 42.5 Å². The Morgan fingerprint density at radius 3 is 1.28 bits per heavy atom. The molecule has 0 aliphatic rings. The molecule has 43 heavy (non-hydrogen) atoms. The van der Waals surface area contributed by atoms with E-state index in [9.17, 15) is 0 Å². The lowest BCUT2D eigenvalue weighted by Crippen LogP contribution is -2.01. The van der Waals surface area contributed by atoms with Crippen LogP contribution in [0.4, 0.5) is 11.4 Å². The van der Waals surface area contributed by atoms with Gasteiger partial charge in [0, 0.05) is 11.4 Å². The Hall–Kier alpha value is -1.76. The van der Waals surface area contributed by atoms with Crippen molar-refractivity contribution in [1.82, 2.24) is 0 Å². The molecule has 0 bridgehead atoms. The van der Waals surface area contributed by atoms with Gasteiger partial charge in [-0.2, -0.15) is 0 Å². The predicted octanol–water partition coefficient (Wildman–Crippen LogP) is 14.5. The number of benzene rings is 2. The fourth-order valence-corrected chi connectivity index (χ4v) is 6.50. The molecule has 0 unspecified atom stereocenters. The first-order valence-corrected chi connectivity index (χ1v) is 19.2. The summed E-state index contributed by atoms with van der Waals surface area (Å²) in [6, 6.07) is 16.4. The van der Waals surface area contributed by atoms with Crippen molar-refractivity contribution in [3.05, 3.63) is 59.2 Å². The third kappa shape index (κ3) is 18.6. The van der Waals surface area contributed by atoms with Crippen molar-refractivity contribution < 1.29 is 0 Å². The maximum atomic E-state index is 3.92. The van der Waals surface area contributed by atoms with E-state index in [0.717, 1.165) is 0 Å². The van der Waals surface area contributed by atoms with Crippen LogP contribution in [0, 0.1) is 0 Å². The highest BCUT2D eigenvalue weighted by Crippen LogP contribution is 2.28. The van der Waals surface area contributed by atoms with Gasteiger partial charge < -0.3 is 5.32 Å². The molecule has 0 aliphatic heterocycles. The van der Waals surface area contributed by atoms with Crippen LogP contribution in [-0.4, -0.2) is 0 Å². The molecule has 0 radical (unpaired) electrons. The average Bonchev–Trinajstić information content (AvgIpc) is 3.02. The van der Waals surface area contributed by atoms with Crippen molar-refractivity contribution in [3.8, 4) is 0 Å². The summed E-state index contributed by atoms with van der Waals surface area (Å²) in [4.78, 5) is 0. The van der Waals surface area contributed by atoms with Crippen LogP contribution in [0.5, 0.6) is 0 Å². The smallest absolute Gasteiger partial charge is 0.0417 e. The molecule has 0 saturated heterocycles. The Morgan fingerprint density at radius 2 is 0.767 bits per heavy atom. The second kappa shape index (κ2) is 26.6. The minimum Gasteiger partial charge on any atom is -0.355 e. The summed E-state index contributed by atoms with van der Waals surface area (Å²) < 4.78 is 0. The van der Waals surface area contributed by atoms with E-state index in [1.165, 1.54) is 196 Å². The summed E-state index contributed by atoms with van der Waals surface area (Å²) in [5.41, 5.74) is 7.21. The number of para-hydroxylation sites is 1. The van der Waals surface area contributed by atoms with Gasteiger partial charge in [-0.1, -0.05) is 186 Å². The Kier molecular flexibility index (Phi) is 23.2. The van der Waals surface area contributed by atoms with E-state index in [1.54, 1.807) is 5.56 Å². The molecule has 244 valence electrons. The third-order valence-electron chi connectivity index (χ3n) is 9.37. The minimum atomic E-state index is 1.18. The minimum absolute atomic E-state index is 1.18. The second-order valence-electron chi connectivity index (χ2n) is 13.4. The van der Waals surface area contributed by atoms with Gasteiger partial charge >= 0.3 is 0 Å². The van der Waals surface area contributed by atoms with Gasteiger partial charge in [0.1, 0.15) is 0 Å². The second-order valence-corrected chi connectivity index (χ2v) is 13.4. The zero-order chi connectivity index (χ0) is 30.6. The van der Waals surface area contributed by atoms with E-state index in [-0.39, 0.29) is 0 Å². The van der Waals surface area contributed by atoms with Gasteiger partial charge in [0.15, 0.2) is 0 Å². The van der Waals surface area contributed by atoms with Crippen LogP contribution >= 0.6 is 0 Å². The van der Waals surface area contributed by atoms with Gasteiger partial charge in [0.2, 0.25) is 0 Å². The number of hydrogen-bond acceptors (Lipinski definition) is 1. The number of hydrogen-bond donors (Lipinski definition) is 1. The molecule has 0 fully saturated rings. The molecule has 0 amide bonds. The van der Waals surface area contributed by atoms with E-state index in [4.69, 9.17) is 0 Å². The maximum absolute atomic E-state index is 3.92. The van der Waals surface area contributed by atoms with Crippen molar-refractivity contribution in [3.63, 3.8) is 0 Å². The van der Waals surface area contributed by atoms with Crippen molar-refractivity contribution in [2.75, 3.05) is 5.32 Å². The molecular weight excluding hydrogens is 518 g/mol. The summed E-state index contributed by atoms with van der Waals surface area (Å²) in [7, 11) is 0. The molecule has 0 saturated carbocycles. The van der Waals surface area contributed by atoms with Crippen molar-refractivity contribution in [1.29, 1.82) is 0 Å². The van der Waals surface area contributed by atoms with Gasteiger partial charge in [-0.3, -0.25) is 0 Å². The lowest BCUT2D eigenvalue weighted by Gasteiger charge is -2.17. The Morgan fingerprint density at radius 1 is 0.372 bits per heavy atom. The zero-order valence-electron chi connectivity index (χ0n) is 29.1. The van der Waals surface area contributed by atoms with Crippen LogP contribution < -0.4 is 5.32 Å². The van der Waals surface area contributed by atoms with Gasteiger partial charge in [-0.15, -0.1) is 0 Å². The number of nitrogens with one attached hydrogen (secondary N) is 1. The molecule has 0 aliphatic carbocycles. The lowest BCUT2D eigenvalue weighted by molar-refractivity contribution is 0.574. The van der Waals surface area contributed by atoms with Crippen LogP contribution in [0.25, 0.3) is 0 Å². The maximum Gasteiger partial charge on any atom is 0.0417 e. The molecular formula is C42H71N. The number of aryl methyl sites for hydroxylation is 3. The largest absolute Gasteiger partial charge is 0.355 e. The highest BCUT2D eigenvalue weighted by atomic mass is 14.9. The summed E-state index contributed by atoms with van der Waals surface area (Å²) in [5.74, 6) is 0. The highest BCUT2D eigenvalue weighted by Gasteiger charge is 2.09. The molecule has 0 heterocycles. The summed E-state index contributed by atoms with van der Waals surface area (Å²) >= 11 is 0. The summed E-state index contributed by atoms with van der Waals surface area (Å²) in [6.45, 7) is 6.92. The molecule has 2 aromatic carbocycles. The zero-order valence-corrected chi connectivity index (χ0v) is 29.1. The summed E-state index contributed by atoms with van der Waals surface area (Å²) in [5, 5.41) is 3.92. The van der Waals surface area contributed by atoms with Crippen LogP contribution in [-0.2, 0) is 19.3 Å². The fraction of sp³-hybridized carbons (Fsp3) is 0.714. The van der Waals surface area contributed by atoms with Crippen LogP contribution in [0.2, 0.25) is 0 Å². The topological polar surface area (TPSA) is 12.0 Å². The quantitative estimate of drug-likeness (QED) is 0.0931. The number of unbranched alkanes of at least 4 members (excludes halogenated alkanes) is 21. The Bertz CT molecular complexity index is 900. The van der Waals surface area contributed by atoms with Gasteiger partial charge in [0.25, 0.3) is 0 Å². The average molecular weight is 590 g/mol. The molecule has 2 aromatic rings. The molecule has 0 atom stereocenters.